The van der Waals surface area contributed by atoms with Crippen LogP contribution in [0, 0.1) is 0 Å². The number of nitrogens with one attached hydrogen (secondary N) is 1. The van der Waals surface area contributed by atoms with Crippen LogP contribution >= 0.6 is 0 Å². The quantitative estimate of drug-likeness (QED) is 0.872. The zero-order valence-electron chi connectivity index (χ0n) is 13.0. The fraction of sp³-hybridized carbons (Fsp3) is 0.588. The maximum Gasteiger partial charge on any atom is 0.236 e. The lowest BCUT2D eigenvalue weighted by Crippen LogP contribution is -2.37. The van der Waals surface area contributed by atoms with E-state index in [1.807, 2.05) is 0 Å². The number of benzene rings is 1. The predicted molar refractivity (Wildman–Crippen MR) is 85.7 cm³/mol. The van der Waals surface area contributed by atoms with E-state index in [0.717, 1.165) is 12.1 Å². The van der Waals surface area contributed by atoms with Crippen LogP contribution in [0.15, 0.2) is 24.3 Å². The zero-order chi connectivity index (χ0) is 15.1. The molecular formula is C17H27N3O. The highest BCUT2D eigenvalue weighted by atomic mass is 16.2. The van der Waals surface area contributed by atoms with E-state index in [0.29, 0.717) is 6.54 Å². The summed E-state index contributed by atoms with van der Waals surface area (Å²) >= 11 is 0. The fourth-order valence-electron chi connectivity index (χ4n) is 2.67. The molecule has 3 N–H and O–H groups in total. The molecule has 0 saturated carbocycles. The molecule has 4 nitrogen and oxygen atoms in total. The molecular weight excluding hydrogens is 262 g/mol. The van der Waals surface area contributed by atoms with E-state index >= 15 is 0 Å². The number of likely N-dealkylation sites (tertiary alicyclic amines) is 1. The van der Waals surface area contributed by atoms with Crippen LogP contribution in [0.2, 0.25) is 0 Å². The lowest BCUT2D eigenvalue weighted by Gasteiger charge is -2.19. The Morgan fingerprint density at radius 1 is 1.14 bits per heavy atom. The zero-order valence-corrected chi connectivity index (χ0v) is 13.0. The third kappa shape index (κ3) is 5.48. The molecule has 1 atom stereocenters. The molecule has 1 fully saturated rings. The Labute approximate surface area is 127 Å². The Morgan fingerprint density at radius 2 is 1.71 bits per heavy atom. The van der Waals surface area contributed by atoms with Crippen LogP contribution in [-0.2, 0) is 17.9 Å². The number of hydrogen-bond acceptors (Lipinski definition) is 3. The molecule has 2 rings (SSSR count). The minimum atomic E-state index is -0.452. The second-order valence-corrected chi connectivity index (χ2v) is 6.01. The molecule has 0 bridgehead atoms. The van der Waals surface area contributed by atoms with Crippen LogP contribution < -0.4 is 11.1 Å². The summed E-state index contributed by atoms with van der Waals surface area (Å²) in [5.41, 5.74) is 7.98. The summed E-state index contributed by atoms with van der Waals surface area (Å²) in [5.74, 6) is -0.108. The summed E-state index contributed by atoms with van der Waals surface area (Å²) in [6, 6.07) is 8.06. The number of amides is 1. The average Bonchev–Trinajstić information content (AvgIpc) is 2.74. The van der Waals surface area contributed by atoms with Gasteiger partial charge in [-0.1, -0.05) is 37.1 Å². The van der Waals surface area contributed by atoms with Crippen LogP contribution in [0.1, 0.15) is 43.7 Å². The van der Waals surface area contributed by atoms with E-state index in [1.54, 1.807) is 6.92 Å². The van der Waals surface area contributed by atoms with Crippen LogP contribution in [0.25, 0.3) is 0 Å². The first-order valence-corrected chi connectivity index (χ1v) is 7.98. The van der Waals surface area contributed by atoms with Crippen molar-refractivity contribution >= 4 is 5.91 Å². The Morgan fingerprint density at radius 3 is 2.29 bits per heavy atom. The van der Waals surface area contributed by atoms with Crippen molar-refractivity contribution in [1.82, 2.24) is 10.2 Å². The van der Waals surface area contributed by atoms with E-state index in [1.165, 1.54) is 44.3 Å². The highest BCUT2D eigenvalue weighted by Gasteiger charge is 2.09. The molecule has 21 heavy (non-hydrogen) atoms. The van der Waals surface area contributed by atoms with Crippen molar-refractivity contribution < 1.29 is 4.79 Å². The molecule has 4 heteroatoms. The topological polar surface area (TPSA) is 58.4 Å². The van der Waals surface area contributed by atoms with Gasteiger partial charge in [0.15, 0.2) is 0 Å². The highest BCUT2D eigenvalue weighted by molar-refractivity contribution is 5.80. The molecule has 1 saturated heterocycles. The van der Waals surface area contributed by atoms with E-state index in [-0.39, 0.29) is 5.91 Å². The average molecular weight is 289 g/mol. The maximum atomic E-state index is 11.4. The summed E-state index contributed by atoms with van der Waals surface area (Å²) in [6.07, 6.45) is 5.38. The van der Waals surface area contributed by atoms with Gasteiger partial charge in [0.05, 0.1) is 6.04 Å². The molecule has 1 heterocycles. The fourth-order valence-corrected chi connectivity index (χ4v) is 2.67. The van der Waals surface area contributed by atoms with Crippen molar-refractivity contribution in [2.45, 2.75) is 51.7 Å². The van der Waals surface area contributed by atoms with Gasteiger partial charge >= 0.3 is 0 Å². The van der Waals surface area contributed by atoms with Gasteiger partial charge in [-0.05, 0) is 44.0 Å². The number of nitrogens with two attached hydrogens (primary N) is 1. The van der Waals surface area contributed by atoms with Crippen LogP contribution in [-0.4, -0.2) is 29.9 Å². The number of rotatable bonds is 5. The molecule has 1 amide bonds. The van der Waals surface area contributed by atoms with Gasteiger partial charge in [-0.25, -0.2) is 0 Å². The van der Waals surface area contributed by atoms with Crippen molar-refractivity contribution in [3.63, 3.8) is 0 Å². The number of hydrogen-bond donors (Lipinski definition) is 2. The van der Waals surface area contributed by atoms with Gasteiger partial charge in [-0.15, -0.1) is 0 Å². The summed E-state index contributed by atoms with van der Waals surface area (Å²) in [7, 11) is 0. The van der Waals surface area contributed by atoms with E-state index in [9.17, 15) is 4.79 Å². The number of carbonyl (C=O) groups excluding carboxylic acids is 1. The van der Waals surface area contributed by atoms with Gasteiger partial charge in [0.2, 0.25) is 5.91 Å². The largest absolute Gasteiger partial charge is 0.351 e. The van der Waals surface area contributed by atoms with Crippen molar-refractivity contribution in [3.8, 4) is 0 Å². The van der Waals surface area contributed by atoms with Crippen molar-refractivity contribution in [2.24, 2.45) is 5.73 Å². The highest BCUT2D eigenvalue weighted by Crippen LogP contribution is 2.13. The summed E-state index contributed by atoms with van der Waals surface area (Å²) in [4.78, 5) is 14.0. The smallest absolute Gasteiger partial charge is 0.236 e. The van der Waals surface area contributed by atoms with Gasteiger partial charge in [-0.2, -0.15) is 0 Å². The SMILES string of the molecule is CC(N)C(=O)NCc1ccc(CN2CCCCCC2)cc1. The lowest BCUT2D eigenvalue weighted by atomic mass is 10.1. The number of nitrogens with zero attached hydrogens (tertiary/aromatic N) is 1. The van der Waals surface area contributed by atoms with Crippen molar-refractivity contribution in [3.05, 3.63) is 35.4 Å². The molecule has 116 valence electrons. The van der Waals surface area contributed by atoms with Gasteiger partial charge in [-0.3, -0.25) is 9.69 Å². The maximum absolute atomic E-state index is 11.4. The van der Waals surface area contributed by atoms with Gasteiger partial charge in [0.1, 0.15) is 0 Å². The van der Waals surface area contributed by atoms with Crippen LogP contribution in [0.3, 0.4) is 0 Å². The van der Waals surface area contributed by atoms with Crippen molar-refractivity contribution in [1.29, 1.82) is 0 Å². The van der Waals surface area contributed by atoms with Gasteiger partial charge < -0.3 is 11.1 Å². The third-order valence-electron chi connectivity index (χ3n) is 4.01. The first-order chi connectivity index (χ1) is 10.1. The van der Waals surface area contributed by atoms with Crippen molar-refractivity contribution in [2.75, 3.05) is 13.1 Å². The van der Waals surface area contributed by atoms with Crippen LogP contribution in [0.4, 0.5) is 0 Å². The monoisotopic (exact) mass is 289 g/mol. The Bertz CT molecular complexity index is 434. The molecule has 0 radical (unpaired) electrons. The van der Waals surface area contributed by atoms with Gasteiger partial charge in [0.25, 0.3) is 0 Å². The second kappa shape index (κ2) is 8.15. The first-order valence-electron chi connectivity index (χ1n) is 7.98. The molecule has 0 aromatic heterocycles. The molecule has 1 aliphatic heterocycles. The summed E-state index contributed by atoms with van der Waals surface area (Å²) in [6.45, 7) is 5.70. The molecule has 1 unspecified atom stereocenters. The lowest BCUT2D eigenvalue weighted by molar-refractivity contribution is -0.122. The number of carbonyl (C=O) groups is 1. The van der Waals surface area contributed by atoms with Gasteiger partial charge in [0, 0.05) is 13.1 Å². The van der Waals surface area contributed by atoms with E-state index in [2.05, 4.69) is 34.5 Å². The van der Waals surface area contributed by atoms with E-state index < -0.39 is 6.04 Å². The second-order valence-electron chi connectivity index (χ2n) is 6.01. The van der Waals surface area contributed by atoms with Crippen LogP contribution in [0.5, 0.6) is 0 Å². The summed E-state index contributed by atoms with van der Waals surface area (Å²) in [5, 5.41) is 2.83. The molecule has 1 aliphatic rings. The Balaban J connectivity index is 1.82. The molecule has 1 aromatic rings. The molecule has 0 spiro atoms. The Kier molecular flexibility index (Phi) is 6.21. The van der Waals surface area contributed by atoms with E-state index in [4.69, 9.17) is 5.73 Å². The Hall–Kier alpha value is -1.39. The molecule has 0 aliphatic carbocycles. The summed E-state index contributed by atoms with van der Waals surface area (Å²) < 4.78 is 0. The third-order valence-corrected chi connectivity index (χ3v) is 4.01. The minimum Gasteiger partial charge on any atom is -0.351 e. The first kappa shape index (κ1) is 16.0. The minimum absolute atomic E-state index is 0.108. The predicted octanol–water partition coefficient (Wildman–Crippen LogP) is 2.03. The molecule has 1 aromatic carbocycles. The normalized spacial score (nSPS) is 18.0. The standard InChI is InChI=1S/C17H27N3O/c1-14(18)17(21)19-12-15-6-8-16(9-7-15)13-20-10-4-2-3-5-11-20/h6-9,14H,2-5,10-13,18H2,1H3,(H,19,21).